The molecule has 0 aromatic carbocycles. The fourth-order valence-electron chi connectivity index (χ4n) is 2.23. The number of aryl methyl sites for hydroxylation is 1. The van der Waals surface area contributed by atoms with Gasteiger partial charge in [0, 0.05) is 19.0 Å². The third kappa shape index (κ3) is 2.75. The maximum Gasteiger partial charge on any atom is 0.289 e. The number of amides is 1. The smallest absolute Gasteiger partial charge is 0.289 e. The fraction of sp³-hybridized carbons (Fsp3) is 0.643. The second-order valence-electron chi connectivity index (χ2n) is 4.85. The molecule has 0 unspecified atom stereocenters. The number of furan rings is 1. The lowest BCUT2D eigenvalue weighted by atomic mass is 9.91. The molecule has 18 heavy (non-hydrogen) atoms. The van der Waals surface area contributed by atoms with Crippen molar-refractivity contribution in [3.8, 4) is 0 Å². The largest absolute Gasteiger partial charge is 0.456 e. The number of rotatable bonds is 6. The van der Waals surface area contributed by atoms with E-state index in [1.807, 2.05) is 17.9 Å². The van der Waals surface area contributed by atoms with E-state index in [1.165, 1.54) is 6.42 Å². The topological polar surface area (TPSA) is 59.5 Å². The molecular weight excluding hydrogens is 228 g/mol. The van der Waals surface area contributed by atoms with Gasteiger partial charge in [0.1, 0.15) is 5.76 Å². The molecule has 4 heteroatoms. The van der Waals surface area contributed by atoms with Crippen molar-refractivity contribution in [1.29, 1.82) is 0 Å². The highest BCUT2D eigenvalue weighted by molar-refractivity contribution is 5.91. The van der Waals surface area contributed by atoms with Crippen molar-refractivity contribution >= 4 is 5.91 Å². The predicted octanol–water partition coefficient (Wildman–Crippen LogP) is 2.19. The fourth-order valence-corrected chi connectivity index (χ4v) is 2.23. The molecule has 1 aromatic heterocycles. The van der Waals surface area contributed by atoms with Crippen LogP contribution in [0.1, 0.15) is 48.9 Å². The van der Waals surface area contributed by atoms with Gasteiger partial charge >= 0.3 is 0 Å². The van der Waals surface area contributed by atoms with Gasteiger partial charge < -0.3 is 15.1 Å². The van der Waals surface area contributed by atoms with Crippen LogP contribution >= 0.6 is 0 Å². The number of carbonyl (C=O) groups excluding carboxylic acids is 1. The zero-order valence-electron chi connectivity index (χ0n) is 11.0. The van der Waals surface area contributed by atoms with Crippen LogP contribution in [0.3, 0.4) is 0 Å². The number of hydrogen-bond donors (Lipinski definition) is 1. The molecule has 0 spiro atoms. The van der Waals surface area contributed by atoms with Crippen LogP contribution in [0.25, 0.3) is 0 Å². The Morgan fingerprint density at radius 1 is 1.50 bits per heavy atom. The summed E-state index contributed by atoms with van der Waals surface area (Å²) in [6, 6.07) is 4.06. The Bertz CT molecular complexity index is 396. The minimum absolute atomic E-state index is 0.0212. The van der Waals surface area contributed by atoms with Gasteiger partial charge in [-0.25, -0.2) is 0 Å². The molecular formula is C14H22N2O2. The summed E-state index contributed by atoms with van der Waals surface area (Å²) in [7, 11) is 0. The highest BCUT2D eigenvalue weighted by Crippen LogP contribution is 2.26. The van der Waals surface area contributed by atoms with E-state index in [0.717, 1.165) is 38.0 Å². The molecule has 2 rings (SSSR count). The summed E-state index contributed by atoms with van der Waals surface area (Å²) in [6.07, 6.45) is 5.10. The lowest BCUT2D eigenvalue weighted by Crippen LogP contribution is -2.45. The molecule has 1 fully saturated rings. The molecule has 0 atom stereocenters. The average Bonchev–Trinajstić information content (AvgIpc) is 2.79. The Kier molecular flexibility index (Phi) is 4.42. The standard InChI is InChI=1S/C14H22N2O2/c1-2-12-7-8-13(18-12)14(17)16(10-4-9-15)11-5-3-6-11/h7-8,11H,2-6,9-10,15H2,1H3. The summed E-state index contributed by atoms with van der Waals surface area (Å²) < 4.78 is 5.55. The summed E-state index contributed by atoms with van der Waals surface area (Å²) in [5.74, 6) is 1.36. The van der Waals surface area contributed by atoms with Crippen LogP contribution in [-0.2, 0) is 6.42 Å². The Balaban J connectivity index is 2.06. The zero-order valence-corrected chi connectivity index (χ0v) is 11.0. The van der Waals surface area contributed by atoms with Gasteiger partial charge in [-0.15, -0.1) is 0 Å². The van der Waals surface area contributed by atoms with Gasteiger partial charge in [-0.1, -0.05) is 6.92 Å². The summed E-state index contributed by atoms with van der Waals surface area (Å²) >= 11 is 0. The van der Waals surface area contributed by atoms with E-state index in [1.54, 1.807) is 6.07 Å². The monoisotopic (exact) mass is 250 g/mol. The second-order valence-corrected chi connectivity index (χ2v) is 4.85. The van der Waals surface area contributed by atoms with Crippen molar-refractivity contribution in [3.63, 3.8) is 0 Å². The van der Waals surface area contributed by atoms with Gasteiger partial charge in [0.25, 0.3) is 5.91 Å². The van der Waals surface area contributed by atoms with Gasteiger partial charge in [0.15, 0.2) is 5.76 Å². The van der Waals surface area contributed by atoms with E-state index < -0.39 is 0 Å². The predicted molar refractivity (Wildman–Crippen MR) is 70.4 cm³/mol. The first-order valence-corrected chi connectivity index (χ1v) is 6.86. The van der Waals surface area contributed by atoms with Crippen LogP contribution in [-0.4, -0.2) is 29.9 Å². The first-order valence-electron chi connectivity index (χ1n) is 6.86. The number of carbonyl (C=O) groups is 1. The van der Waals surface area contributed by atoms with Crippen molar-refractivity contribution in [1.82, 2.24) is 4.90 Å². The number of nitrogens with two attached hydrogens (primary N) is 1. The molecule has 1 aliphatic carbocycles. The molecule has 0 radical (unpaired) electrons. The second kappa shape index (κ2) is 6.05. The molecule has 1 aliphatic rings. The molecule has 0 aliphatic heterocycles. The van der Waals surface area contributed by atoms with Crippen LogP contribution in [0.2, 0.25) is 0 Å². The molecule has 1 amide bonds. The molecule has 2 N–H and O–H groups in total. The minimum atomic E-state index is 0.0212. The molecule has 100 valence electrons. The molecule has 4 nitrogen and oxygen atoms in total. The van der Waals surface area contributed by atoms with Gasteiger partial charge in [0.2, 0.25) is 0 Å². The van der Waals surface area contributed by atoms with Crippen molar-refractivity contribution in [2.24, 2.45) is 5.73 Å². The minimum Gasteiger partial charge on any atom is -0.456 e. The summed E-state index contributed by atoms with van der Waals surface area (Å²) in [5.41, 5.74) is 5.54. The van der Waals surface area contributed by atoms with E-state index in [4.69, 9.17) is 10.2 Å². The van der Waals surface area contributed by atoms with E-state index in [-0.39, 0.29) is 5.91 Å². The SMILES string of the molecule is CCc1ccc(C(=O)N(CCCN)C2CCC2)o1. The van der Waals surface area contributed by atoms with Crippen LogP contribution in [0.15, 0.2) is 16.5 Å². The van der Waals surface area contributed by atoms with E-state index in [9.17, 15) is 4.79 Å². The highest BCUT2D eigenvalue weighted by Gasteiger charge is 2.30. The first kappa shape index (κ1) is 13.1. The van der Waals surface area contributed by atoms with Crippen LogP contribution in [0.5, 0.6) is 0 Å². The molecule has 1 saturated carbocycles. The Morgan fingerprint density at radius 2 is 2.28 bits per heavy atom. The Labute approximate surface area is 108 Å². The van der Waals surface area contributed by atoms with Crippen molar-refractivity contribution in [2.45, 2.75) is 45.1 Å². The van der Waals surface area contributed by atoms with Gasteiger partial charge in [-0.3, -0.25) is 4.79 Å². The summed E-state index contributed by atoms with van der Waals surface area (Å²) in [5, 5.41) is 0. The van der Waals surface area contributed by atoms with Crippen molar-refractivity contribution in [3.05, 3.63) is 23.7 Å². The Hall–Kier alpha value is -1.29. The molecule has 0 bridgehead atoms. The zero-order chi connectivity index (χ0) is 13.0. The van der Waals surface area contributed by atoms with E-state index >= 15 is 0 Å². The molecule has 1 heterocycles. The Morgan fingerprint density at radius 3 is 2.78 bits per heavy atom. The van der Waals surface area contributed by atoms with Gasteiger partial charge in [0.05, 0.1) is 0 Å². The normalized spacial score (nSPS) is 15.4. The van der Waals surface area contributed by atoms with Crippen molar-refractivity contribution in [2.75, 3.05) is 13.1 Å². The van der Waals surface area contributed by atoms with Crippen LogP contribution in [0.4, 0.5) is 0 Å². The van der Waals surface area contributed by atoms with Crippen LogP contribution in [0, 0.1) is 0 Å². The number of hydrogen-bond acceptors (Lipinski definition) is 3. The maximum atomic E-state index is 12.4. The van der Waals surface area contributed by atoms with E-state index in [2.05, 4.69) is 0 Å². The third-order valence-corrected chi connectivity index (χ3v) is 3.60. The lowest BCUT2D eigenvalue weighted by molar-refractivity contribution is 0.0544. The summed E-state index contributed by atoms with van der Waals surface area (Å²) in [4.78, 5) is 14.3. The summed E-state index contributed by atoms with van der Waals surface area (Å²) in [6.45, 7) is 3.38. The van der Waals surface area contributed by atoms with E-state index in [0.29, 0.717) is 18.3 Å². The average molecular weight is 250 g/mol. The molecule has 1 aromatic rings. The van der Waals surface area contributed by atoms with Gasteiger partial charge in [-0.2, -0.15) is 0 Å². The quantitative estimate of drug-likeness (QED) is 0.842. The van der Waals surface area contributed by atoms with Crippen LogP contribution < -0.4 is 5.73 Å². The number of nitrogens with zero attached hydrogens (tertiary/aromatic N) is 1. The van der Waals surface area contributed by atoms with Gasteiger partial charge in [-0.05, 0) is 44.4 Å². The molecule has 0 saturated heterocycles. The maximum absolute atomic E-state index is 12.4. The first-order chi connectivity index (χ1) is 8.76. The third-order valence-electron chi connectivity index (χ3n) is 3.60. The lowest BCUT2D eigenvalue weighted by Gasteiger charge is -2.37. The van der Waals surface area contributed by atoms with Crippen molar-refractivity contribution < 1.29 is 9.21 Å². The highest BCUT2D eigenvalue weighted by atomic mass is 16.4.